The number of aryl methyl sites for hydroxylation is 1. The number of thiophene rings is 1. The van der Waals surface area contributed by atoms with E-state index in [9.17, 15) is 19.2 Å². The second kappa shape index (κ2) is 8.88. The van der Waals surface area contributed by atoms with Crippen molar-refractivity contribution in [2.45, 2.75) is 64.7 Å². The third kappa shape index (κ3) is 3.89. The highest BCUT2D eigenvalue weighted by molar-refractivity contribution is 7.17. The number of likely N-dealkylation sites (tertiary alicyclic amines) is 1. The summed E-state index contributed by atoms with van der Waals surface area (Å²) in [5.74, 6) is -1.36. The van der Waals surface area contributed by atoms with Crippen molar-refractivity contribution < 1.29 is 23.9 Å². The van der Waals surface area contributed by atoms with Gasteiger partial charge in [-0.1, -0.05) is 12.8 Å². The maximum Gasteiger partial charge on any atom is 0.341 e. The molecule has 2 atom stereocenters. The molecule has 3 amide bonds. The second-order valence-electron chi connectivity index (χ2n) is 8.26. The van der Waals surface area contributed by atoms with Crippen molar-refractivity contribution in [3.05, 3.63) is 16.0 Å². The van der Waals surface area contributed by atoms with Gasteiger partial charge in [-0.15, -0.1) is 11.3 Å². The van der Waals surface area contributed by atoms with Gasteiger partial charge < -0.3 is 10.1 Å². The minimum atomic E-state index is -0.402. The lowest BCUT2D eigenvalue weighted by molar-refractivity contribution is -0.140. The van der Waals surface area contributed by atoms with Crippen LogP contribution >= 0.6 is 11.3 Å². The number of hydrogen-bond donors (Lipinski definition) is 1. The standard InChI is InChI=1S/C22H28N2O5S/c1-2-29-22(28)18-15-9-5-6-10-16(15)30-19(18)23-17(25)11-12-24-20(26)13-7-3-4-8-14(13)21(24)27/h13-14H,2-12H2,1H3,(H,23,25)/t13-,14-/m0/s1. The first-order chi connectivity index (χ1) is 14.5. The predicted molar refractivity (Wildman–Crippen MR) is 112 cm³/mol. The number of rotatable bonds is 6. The van der Waals surface area contributed by atoms with Crippen LogP contribution in [0.4, 0.5) is 5.00 Å². The van der Waals surface area contributed by atoms with E-state index in [-0.39, 0.29) is 49.1 Å². The van der Waals surface area contributed by atoms with Crippen LogP contribution in [0.25, 0.3) is 0 Å². The summed E-state index contributed by atoms with van der Waals surface area (Å²) in [5, 5.41) is 3.38. The van der Waals surface area contributed by atoms with Crippen LogP contribution in [0.3, 0.4) is 0 Å². The largest absolute Gasteiger partial charge is 0.462 e. The summed E-state index contributed by atoms with van der Waals surface area (Å²) >= 11 is 1.44. The molecular formula is C22H28N2O5S. The predicted octanol–water partition coefficient (Wildman–Crippen LogP) is 3.31. The molecule has 2 heterocycles. The summed E-state index contributed by atoms with van der Waals surface area (Å²) in [5.41, 5.74) is 1.47. The van der Waals surface area contributed by atoms with Gasteiger partial charge in [-0.2, -0.15) is 0 Å². The fourth-order valence-corrected chi connectivity index (χ4v) is 6.22. The van der Waals surface area contributed by atoms with E-state index in [4.69, 9.17) is 4.74 Å². The molecule has 0 spiro atoms. The van der Waals surface area contributed by atoms with Gasteiger partial charge in [0.15, 0.2) is 0 Å². The zero-order chi connectivity index (χ0) is 21.3. The van der Waals surface area contributed by atoms with Crippen molar-refractivity contribution in [3.8, 4) is 0 Å². The Morgan fingerprint density at radius 3 is 2.40 bits per heavy atom. The number of fused-ring (bicyclic) bond motifs is 2. The summed E-state index contributed by atoms with van der Waals surface area (Å²) < 4.78 is 5.22. The molecule has 1 aromatic rings. The number of nitrogens with zero attached hydrogens (tertiary/aromatic N) is 1. The van der Waals surface area contributed by atoms with Crippen LogP contribution in [0.5, 0.6) is 0 Å². The number of ether oxygens (including phenoxy) is 1. The summed E-state index contributed by atoms with van der Waals surface area (Å²) in [4.78, 5) is 52.7. The van der Waals surface area contributed by atoms with Crippen molar-refractivity contribution >= 4 is 40.0 Å². The maximum atomic E-state index is 12.6. The molecular weight excluding hydrogens is 404 g/mol. The molecule has 0 bridgehead atoms. The molecule has 2 aliphatic carbocycles. The Labute approximate surface area is 180 Å². The molecule has 0 aromatic carbocycles. The Hall–Kier alpha value is -2.22. The van der Waals surface area contributed by atoms with Crippen LogP contribution in [0.1, 0.15) is 72.7 Å². The number of imide groups is 1. The second-order valence-corrected chi connectivity index (χ2v) is 9.36. The minimum Gasteiger partial charge on any atom is -0.462 e. The van der Waals surface area contributed by atoms with E-state index < -0.39 is 5.97 Å². The minimum absolute atomic E-state index is 0.0295. The molecule has 0 radical (unpaired) electrons. The van der Waals surface area contributed by atoms with Crippen LogP contribution in [-0.2, 0) is 32.0 Å². The van der Waals surface area contributed by atoms with Crippen molar-refractivity contribution in [2.75, 3.05) is 18.5 Å². The SMILES string of the molecule is CCOC(=O)c1c(NC(=O)CCN2C(=O)[C@H]3CCCC[C@@H]3C2=O)sc2c1CCCC2. The van der Waals surface area contributed by atoms with E-state index in [0.29, 0.717) is 10.6 Å². The molecule has 1 aliphatic heterocycles. The summed E-state index contributed by atoms with van der Waals surface area (Å²) in [6, 6.07) is 0. The van der Waals surface area contributed by atoms with Crippen LogP contribution in [0.15, 0.2) is 0 Å². The van der Waals surface area contributed by atoms with Gasteiger partial charge in [0, 0.05) is 17.8 Å². The first kappa shape index (κ1) is 21.0. The third-order valence-electron chi connectivity index (χ3n) is 6.40. The van der Waals surface area contributed by atoms with E-state index in [1.165, 1.54) is 16.2 Å². The smallest absolute Gasteiger partial charge is 0.341 e. The number of amides is 3. The molecule has 1 saturated heterocycles. The highest BCUT2D eigenvalue weighted by Crippen LogP contribution is 2.39. The summed E-state index contributed by atoms with van der Waals surface area (Å²) in [7, 11) is 0. The van der Waals surface area contributed by atoms with Crippen LogP contribution < -0.4 is 5.32 Å². The van der Waals surface area contributed by atoms with Crippen molar-refractivity contribution in [3.63, 3.8) is 0 Å². The monoisotopic (exact) mass is 432 g/mol. The molecule has 4 rings (SSSR count). The van der Waals surface area contributed by atoms with Gasteiger partial charge >= 0.3 is 5.97 Å². The normalized spacial score (nSPS) is 23.2. The van der Waals surface area contributed by atoms with E-state index in [2.05, 4.69) is 5.32 Å². The number of carbonyl (C=O) groups is 4. The Balaban J connectivity index is 1.43. The van der Waals surface area contributed by atoms with Crippen LogP contribution in [0, 0.1) is 11.8 Å². The van der Waals surface area contributed by atoms with Crippen LogP contribution in [-0.4, -0.2) is 41.7 Å². The van der Waals surface area contributed by atoms with Crippen molar-refractivity contribution in [1.82, 2.24) is 4.90 Å². The lowest BCUT2D eigenvalue weighted by Gasteiger charge is -2.19. The lowest BCUT2D eigenvalue weighted by atomic mass is 9.81. The van der Waals surface area contributed by atoms with E-state index >= 15 is 0 Å². The molecule has 1 N–H and O–H groups in total. The Bertz CT molecular complexity index is 853. The third-order valence-corrected chi connectivity index (χ3v) is 7.61. The van der Waals surface area contributed by atoms with E-state index in [0.717, 1.165) is 61.8 Å². The number of nitrogens with one attached hydrogen (secondary N) is 1. The first-order valence-corrected chi connectivity index (χ1v) is 11.8. The van der Waals surface area contributed by atoms with Crippen molar-refractivity contribution in [1.29, 1.82) is 0 Å². The van der Waals surface area contributed by atoms with Gasteiger partial charge in [-0.25, -0.2) is 4.79 Å². The zero-order valence-electron chi connectivity index (χ0n) is 17.3. The summed E-state index contributed by atoms with van der Waals surface area (Å²) in [6.07, 6.45) is 7.33. The Kier molecular flexibility index (Phi) is 6.22. The topological polar surface area (TPSA) is 92.8 Å². The molecule has 2 fully saturated rings. The number of anilines is 1. The van der Waals surface area contributed by atoms with Gasteiger partial charge in [0.2, 0.25) is 17.7 Å². The quantitative estimate of drug-likeness (QED) is 0.550. The molecule has 0 unspecified atom stereocenters. The maximum absolute atomic E-state index is 12.6. The van der Waals surface area contributed by atoms with Gasteiger partial charge in [0.05, 0.1) is 24.0 Å². The fraction of sp³-hybridized carbons (Fsp3) is 0.636. The fourth-order valence-electron chi connectivity index (χ4n) is 4.93. The average Bonchev–Trinajstić information content (AvgIpc) is 3.22. The highest BCUT2D eigenvalue weighted by Gasteiger charge is 2.47. The molecule has 3 aliphatic rings. The van der Waals surface area contributed by atoms with Gasteiger partial charge in [0.1, 0.15) is 5.00 Å². The number of carbonyl (C=O) groups excluding carboxylic acids is 4. The molecule has 7 nitrogen and oxygen atoms in total. The molecule has 1 aromatic heterocycles. The molecule has 30 heavy (non-hydrogen) atoms. The van der Waals surface area contributed by atoms with Gasteiger partial charge in [-0.3, -0.25) is 19.3 Å². The first-order valence-electron chi connectivity index (χ1n) is 11.0. The molecule has 162 valence electrons. The summed E-state index contributed by atoms with van der Waals surface area (Å²) in [6.45, 7) is 2.13. The van der Waals surface area contributed by atoms with Gasteiger partial charge in [-0.05, 0) is 51.0 Å². The Morgan fingerprint density at radius 1 is 1.07 bits per heavy atom. The zero-order valence-corrected chi connectivity index (χ0v) is 18.1. The van der Waals surface area contributed by atoms with Crippen LogP contribution in [0.2, 0.25) is 0 Å². The Morgan fingerprint density at radius 2 is 1.73 bits per heavy atom. The van der Waals surface area contributed by atoms with Gasteiger partial charge in [0.25, 0.3) is 0 Å². The highest BCUT2D eigenvalue weighted by atomic mass is 32.1. The molecule has 1 saturated carbocycles. The van der Waals surface area contributed by atoms with Crippen molar-refractivity contribution in [2.24, 2.45) is 11.8 Å². The van der Waals surface area contributed by atoms with E-state index in [1.807, 2.05) is 0 Å². The number of esters is 1. The lowest BCUT2D eigenvalue weighted by Crippen LogP contribution is -2.34. The molecule has 8 heteroatoms. The van der Waals surface area contributed by atoms with E-state index in [1.54, 1.807) is 6.92 Å². The average molecular weight is 433 g/mol. The number of hydrogen-bond acceptors (Lipinski definition) is 6.